The molecule has 4 aliphatic rings. The Morgan fingerprint density at radius 1 is 0.696 bits per heavy atom. The summed E-state index contributed by atoms with van der Waals surface area (Å²) in [6, 6.07) is 7.07. The number of likely N-dealkylation sites (N-methyl/N-ethyl adjacent to an activating group) is 2. The second-order valence-corrected chi connectivity index (χ2v) is 18.2. The largest absolute Gasteiger partial charge is 0.398 e. The molecule has 2 aromatic heterocycles. The van der Waals surface area contributed by atoms with Gasteiger partial charge in [-0.05, 0) is 167 Å². The number of carbonyl (C=O) groups excluding carboxylic acids is 1. The van der Waals surface area contributed by atoms with Crippen LogP contribution in [0, 0.1) is 0 Å². The summed E-state index contributed by atoms with van der Waals surface area (Å²) in [5.41, 5.74) is 19.4. The molecule has 8 rings (SSSR count). The Morgan fingerprint density at radius 3 is 1.57 bits per heavy atom. The molecule has 0 unspecified atom stereocenters. The zero-order valence-electron chi connectivity index (χ0n) is 43.4. The van der Waals surface area contributed by atoms with E-state index in [1.165, 1.54) is 106 Å². The molecule has 4 aromatic rings. The van der Waals surface area contributed by atoms with Gasteiger partial charge in [0.2, 0.25) is 9.84 Å². The zero-order valence-corrected chi connectivity index (χ0v) is 33.0. The number of nitrogens with two attached hydrogens (primary N) is 2. The van der Waals surface area contributed by atoms with Crippen LogP contribution in [0.2, 0.25) is 0 Å². The number of aryl methyl sites for hydroxylation is 4. The number of primary sulfonamides is 1. The fourth-order valence-corrected chi connectivity index (χ4v) is 9.84. The van der Waals surface area contributed by atoms with Crippen LogP contribution in [-0.2, 0) is 95.5 Å². The Balaban J connectivity index is 0.000000192. The minimum absolute atomic E-state index is 0.0948. The number of sulfonamides is 1. The molecule has 0 spiro atoms. The van der Waals surface area contributed by atoms with E-state index in [1.54, 1.807) is 0 Å². The lowest BCUT2D eigenvalue weighted by Gasteiger charge is -2.14. The second kappa shape index (κ2) is 17.7. The lowest BCUT2D eigenvalue weighted by molar-refractivity contribution is -0.116. The van der Waals surface area contributed by atoms with Gasteiger partial charge in [-0.15, -0.1) is 0 Å². The summed E-state index contributed by atoms with van der Waals surface area (Å²) < 4.78 is 138. The molecule has 15 heteroatoms. The molecular formula is C41H58N8O5S2. The van der Waals surface area contributed by atoms with Gasteiger partial charge in [-0.3, -0.25) is 14.2 Å². The van der Waals surface area contributed by atoms with Crippen molar-refractivity contribution in [2.24, 2.45) is 5.14 Å². The predicted octanol–water partition coefficient (Wildman–Crippen LogP) is 3.35. The molecule has 0 saturated carbocycles. The van der Waals surface area contributed by atoms with E-state index in [0.29, 0.717) is 9.80 Å². The maximum atomic E-state index is 12.9. The number of ketones is 1. The van der Waals surface area contributed by atoms with E-state index in [1.807, 2.05) is 0 Å². The summed E-state index contributed by atoms with van der Waals surface area (Å²) in [6.45, 7) is -12.2. The minimum Gasteiger partial charge on any atom is -0.398 e. The van der Waals surface area contributed by atoms with Gasteiger partial charge in [0.25, 0.3) is 10.0 Å². The number of benzene rings is 2. The second-order valence-electron chi connectivity index (χ2n) is 14.8. The van der Waals surface area contributed by atoms with Crippen LogP contribution in [0.25, 0.3) is 0 Å². The number of nitrogen functional groups attached to an aromatic ring is 1. The van der Waals surface area contributed by atoms with Crippen molar-refractivity contribution in [2.45, 2.75) is 107 Å². The van der Waals surface area contributed by atoms with Crippen molar-refractivity contribution in [1.82, 2.24) is 29.4 Å². The third-order valence-electron chi connectivity index (χ3n) is 10.8. The molecule has 0 atom stereocenters. The van der Waals surface area contributed by atoms with Crippen LogP contribution in [0.1, 0.15) is 92.2 Å². The number of nitrogens with zero attached hydrogens (tertiary/aromatic N) is 6. The molecule has 4 aliphatic carbocycles. The lowest BCUT2D eigenvalue weighted by Crippen LogP contribution is -2.21. The van der Waals surface area contributed by atoms with E-state index in [4.69, 9.17) is 27.3 Å². The highest BCUT2D eigenvalue weighted by molar-refractivity contribution is 7.92. The monoisotopic (exact) mass is 818 g/mol. The molecule has 2 heterocycles. The van der Waals surface area contributed by atoms with Gasteiger partial charge >= 0.3 is 0 Å². The first-order valence-electron chi connectivity index (χ1n) is 24.9. The van der Waals surface area contributed by atoms with E-state index in [9.17, 15) is 21.6 Å². The standard InChI is InChI=1S/C22H29N3O3S.C12H15N.C7H14N4O2S/c1-24(2)11-12-25-10-9-22(23-25)29(27,28)15-18(26)14-21-19-7-3-5-16(19)13-17-6-4-8-20(17)21;13-12-10-5-1-3-8(10)7-9-4-2-6-11(9)12;1-10(2)5-6-11-4-3-7(9-11)14(8,12)13/h9-10,13H,3-8,11-12,14-15H2,1-2H3;7H,1-6,13H2;3-4H,5-6H2,1-2H3,(H2,8,12,13)/i1D3,2D3;;1D3,2D3. The topological polar surface area (TPSA) is 180 Å². The summed E-state index contributed by atoms with van der Waals surface area (Å²) in [7, 11) is -7.94. The lowest BCUT2D eigenvalue weighted by atomic mass is 9.91. The molecular weight excluding hydrogens is 749 g/mol. The number of sulfone groups is 1. The minimum atomic E-state index is -4.00. The van der Waals surface area contributed by atoms with Crippen molar-refractivity contribution in [2.75, 3.05) is 52.5 Å². The van der Waals surface area contributed by atoms with Crippen LogP contribution in [-0.4, -0.2) is 98.7 Å². The fraction of sp³-hybridized carbons (Fsp3) is 0.537. The van der Waals surface area contributed by atoms with E-state index < -0.39 is 53.5 Å². The Kier molecular flexibility index (Phi) is 9.02. The third-order valence-corrected chi connectivity index (χ3v) is 13.1. The number of hydrogen-bond donors (Lipinski definition) is 2. The molecule has 56 heavy (non-hydrogen) atoms. The van der Waals surface area contributed by atoms with Gasteiger partial charge in [0, 0.05) is 54.0 Å². The van der Waals surface area contributed by atoms with E-state index in [0.717, 1.165) is 60.5 Å². The van der Waals surface area contributed by atoms with Crippen LogP contribution >= 0.6 is 0 Å². The van der Waals surface area contributed by atoms with Gasteiger partial charge in [-0.2, -0.15) is 10.2 Å². The summed E-state index contributed by atoms with van der Waals surface area (Å²) >= 11 is 0. The Morgan fingerprint density at radius 2 is 1.12 bits per heavy atom. The SMILES string of the molecule is Nc1c2c(cc3c1CCC3)CCC2.[2H]C([2H])([2H])N(CCn1ccc(S(=O)(=O)CC(=O)Cc2c3c(cc4c2CCC4)CCC3)n1)C([2H])([2H])[2H].[2H]C([2H])([2H])N(CCn1ccc(S(N)(=O)=O)n1)C([2H])([2H])[2H]. The summed E-state index contributed by atoms with van der Waals surface area (Å²) in [5.74, 6) is -1.05. The molecule has 0 bridgehead atoms. The van der Waals surface area contributed by atoms with Gasteiger partial charge in [-0.1, -0.05) is 12.1 Å². The Hall–Kier alpha value is -3.89. The fourth-order valence-electron chi connectivity index (χ4n) is 8.20. The van der Waals surface area contributed by atoms with Gasteiger partial charge in [0.1, 0.15) is 5.75 Å². The highest BCUT2D eigenvalue weighted by Gasteiger charge is 2.28. The molecule has 0 fully saturated rings. The third kappa shape index (κ3) is 10.2. The van der Waals surface area contributed by atoms with Gasteiger partial charge < -0.3 is 15.5 Å². The maximum Gasteiger partial charge on any atom is 0.257 e. The maximum absolute atomic E-state index is 12.9. The zero-order chi connectivity index (χ0) is 50.2. The molecule has 2 aromatic carbocycles. The van der Waals surface area contributed by atoms with E-state index >= 15 is 0 Å². The average Bonchev–Trinajstić information content (AvgIpc) is 4.04. The van der Waals surface area contributed by atoms with Crippen LogP contribution in [0.4, 0.5) is 5.69 Å². The van der Waals surface area contributed by atoms with E-state index in [-0.39, 0.29) is 48.4 Å². The smallest absolute Gasteiger partial charge is 0.257 e. The van der Waals surface area contributed by atoms with Crippen LogP contribution in [0.5, 0.6) is 0 Å². The molecule has 0 aliphatic heterocycles. The first-order valence-corrected chi connectivity index (χ1v) is 22.1. The number of fused-ring (bicyclic) bond motifs is 4. The van der Waals surface area contributed by atoms with Crippen LogP contribution < -0.4 is 10.9 Å². The quantitative estimate of drug-likeness (QED) is 0.202. The van der Waals surface area contributed by atoms with Crippen molar-refractivity contribution in [3.8, 4) is 0 Å². The molecule has 4 N–H and O–H groups in total. The number of anilines is 1. The number of hydrogen-bond acceptors (Lipinski definition) is 10. The van der Waals surface area contributed by atoms with Crippen molar-refractivity contribution in [1.29, 1.82) is 0 Å². The summed E-state index contributed by atoms with van der Waals surface area (Å²) in [5, 5.41) is 11.8. The number of rotatable bonds is 12. The number of carbonyl (C=O) groups is 1. The highest BCUT2D eigenvalue weighted by atomic mass is 32.2. The van der Waals surface area contributed by atoms with Gasteiger partial charge in [-0.25, -0.2) is 22.0 Å². The van der Waals surface area contributed by atoms with Gasteiger partial charge in [0.15, 0.2) is 15.8 Å². The first-order chi connectivity index (χ1) is 31.4. The van der Waals surface area contributed by atoms with Crippen LogP contribution in [0.3, 0.4) is 0 Å². The van der Waals surface area contributed by atoms with E-state index in [2.05, 4.69) is 22.3 Å². The summed E-state index contributed by atoms with van der Waals surface area (Å²) in [4.78, 5) is 13.6. The average molecular weight is 819 g/mol. The molecule has 0 saturated heterocycles. The normalized spacial score (nSPS) is 19.6. The number of Topliss-reactive ketones (excluding diaryl/α,β-unsaturated/α-hetero) is 1. The van der Waals surface area contributed by atoms with Gasteiger partial charge in [0.05, 0.1) is 13.1 Å². The highest BCUT2D eigenvalue weighted by Crippen LogP contribution is 2.37. The molecule has 0 amide bonds. The number of aromatic nitrogens is 4. The predicted molar refractivity (Wildman–Crippen MR) is 219 cm³/mol. The summed E-state index contributed by atoms with van der Waals surface area (Å²) in [6.07, 6.45) is 16.2. The molecule has 0 radical (unpaired) electrons. The molecule has 13 nitrogen and oxygen atoms in total. The van der Waals surface area contributed by atoms with Crippen molar-refractivity contribution < 1.29 is 38.1 Å². The van der Waals surface area contributed by atoms with Crippen molar-refractivity contribution >= 4 is 31.3 Å². The Labute approximate surface area is 349 Å². The van der Waals surface area contributed by atoms with Crippen molar-refractivity contribution in [3.63, 3.8) is 0 Å². The van der Waals surface area contributed by atoms with Crippen molar-refractivity contribution in [3.05, 3.63) is 86.7 Å². The first kappa shape index (κ1) is 28.5. The van der Waals surface area contributed by atoms with Crippen LogP contribution in [0.15, 0.2) is 46.7 Å². The molecule has 304 valence electrons. The Bertz CT molecular complexity index is 2620.